The molecule has 76 valence electrons. The van der Waals surface area contributed by atoms with E-state index >= 15 is 0 Å². The van der Waals surface area contributed by atoms with Crippen LogP contribution in [0, 0.1) is 5.92 Å². The van der Waals surface area contributed by atoms with Crippen molar-refractivity contribution in [3.05, 3.63) is 12.3 Å². The molecule has 0 spiro atoms. The van der Waals surface area contributed by atoms with Gasteiger partial charge in [-0.2, -0.15) is 4.98 Å². The molecule has 4 N–H and O–H groups in total. The maximum atomic E-state index is 5.22. The number of nitrogens with zero attached hydrogens (tertiary/aromatic N) is 2. The highest BCUT2D eigenvalue weighted by atomic mass is 15.3. The number of nitrogen functional groups attached to an aromatic ring is 1. The molecule has 5 nitrogen and oxygen atoms in total. The summed E-state index contributed by atoms with van der Waals surface area (Å²) in [5.41, 5.74) is 2.42. The molecule has 2 atom stereocenters. The smallest absolute Gasteiger partial charge is 0.239 e. The second-order valence-corrected chi connectivity index (χ2v) is 3.56. The highest BCUT2D eigenvalue weighted by Gasteiger charge is 2.35. The first-order valence-electron chi connectivity index (χ1n) is 4.89. The molecule has 1 aliphatic rings. The van der Waals surface area contributed by atoms with Gasteiger partial charge in [-0.1, -0.05) is 13.3 Å². The van der Waals surface area contributed by atoms with E-state index in [0.29, 0.717) is 12.0 Å². The van der Waals surface area contributed by atoms with Crippen LogP contribution in [0.5, 0.6) is 0 Å². The highest BCUT2D eigenvalue weighted by Crippen LogP contribution is 2.35. The lowest BCUT2D eigenvalue weighted by Gasteiger charge is -2.05. The van der Waals surface area contributed by atoms with Crippen LogP contribution in [0.15, 0.2) is 12.3 Å². The van der Waals surface area contributed by atoms with E-state index in [4.69, 9.17) is 5.84 Å². The van der Waals surface area contributed by atoms with E-state index in [1.807, 2.05) is 6.07 Å². The standard InChI is InChI=1S/C9H15N5/c1-2-6-5-7(6)12-8-3-4-11-9(13-8)14-10/h3-4,6-7H,2,5,10H2,1H3,(H2,11,12,13,14). The first-order chi connectivity index (χ1) is 6.83. The summed E-state index contributed by atoms with van der Waals surface area (Å²) in [7, 11) is 0. The normalized spacial score (nSPS) is 24.4. The second-order valence-electron chi connectivity index (χ2n) is 3.56. The molecular formula is C9H15N5. The number of hydrazine groups is 1. The van der Waals surface area contributed by atoms with Crippen molar-refractivity contribution in [2.75, 3.05) is 10.7 Å². The molecule has 0 aliphatic heterocycles. The Bertz CT molecular complexity index is 314. The molecule has 2 unspecified atom stereocenters. The van der Waals surface area contributed by atoms with E-state index in [2.05, 4.69) is 27.6 Å². The van der Waals surface area contributed by atoms with Crippen LogP contribution in [0.2, 0.25) is 0 Å². The highest BCUT2D eigenvalue weighted by molar-refractivity contribution is 5.41. The Labute approximate surface area is 83.1 Å². The molecule has 1 aromatic rings. The topological polar surface area (TPSA) is 75.9 Å². The van der Waals surface area contributed by atoms with E-state index in [9.17, 15) is 0 Å². The van der Waals surface area contributed by atoms with Crippen molar-refractivity contribution in [3.63, 3.8) is 0 Å². The third kappa shape index (κ3) is 1.93. The number of hydrogen-bond donors (Lipinski definition) is 3. The summed E-state index contributed by atoms with van der Waals surface area (Å²) in [5.74, 6) is 7.31. The van der Waals surface area contributed by atoms with Gasteiger partial charge < -0.3 is 5.32 Å². The Morgan fingerprint density at radius 3 is 3.14 bits per heavy atom. The van der Waals surface area contributed by atoms with Gasteiger partial charge in [-0.3, -0.25) is 5.43 Å². The summed E-state index contributed by atoms with van der Waals surface area (Å²) in [5, 5.41) is 3.34. The zero-order valence-corrected chi connectivity index (χ0v) is 8.20. The summed E-state index contributed by atoms with van der Waals surface area (Å²) in [4.78, 5) is 8.12. The molecule has 0 saturated heterocycles. The van der Waals surface area contributed by atoms with Crippen LogP contribution >= 0.6 is 0 Å². The minimum Gasteiger partial charge on any atom is -0.367 e. The predicted octanol–water partition coefficient (Wildman–Crippen LogP) is 0.973. The van der Waals surface area contributed by atoms with Crippen molar-refractivity contribution >= 4 is 11.8 Å². The summed E-state index contributed by atoms with van der Waals surface area (Å²) >= 11 is 0. The van der Waals surface area contributed by atoms with Crippen molar-refractivity contribution in [1.82, 2.24) is 9.97 Å². The third-order valence-electron chi connectivity index (χ3n) is 2.56. The maximum Gasteiger partial charge on any atom is 0.239 e. The van der Waals surface area contributed by atoms with Crippen LogP contribution in [-0.4, -0.2) is 16.0 Å². The minimum atomic E-state index is 0.448. The molecule has 0 radical (unpaired) electrons. The summed E-state index contributed by atoms with van der Waals surface area (Å²) in [6, 6.07) is 2.44. The summed E-state index contributed by atoms with van der Waals surface area (Å²) in [6.45, 7) is 2.21. The number of nitrogens with two attached hydrogens (primary N) is 1. The average Bonchev–Trinajstić information content (AvgIpc) is 2.97. The number of hydrogen-bond acceptors (Lipinski definition) is 5. The third-order valence-corrected chi connectivity index (χ3v) is 2.56. The van der Waals surface area contributed by atoms with Gasteiger partial charge in [0.25, 0.3) is 0 Å². The molecule has 0 amide bonds. The molecule has 2 rings (SSSR count). The maximum absolute atomic E-state index is 5.22. The van der Waals surface area contributed by atoms with E-state index in [0.717, 1.165) is 11.7 Å². The zero-order chi connectivity index (χ0) is 9.97. The number of aromatic nitrogens is 2. The Balaban J connectivity index is 1.96. The quantitative estimate of drug-likeness (QED) is 0.490. The number of rotatable bonds is 4. The van der Waals surface area contributed by atoms with Crippen molar-refractivity contribution in [3.8, 4) is 0 Å². The minimum absolute atomic E-state index is 0.448. The van der Waals surface area contributed by atoms with E-state index in [1.54, 1.807) is 6.20 Å². The predicted molar refractivity (Wildman–Crippen MR) is 55.7 cm³/mol. The van der Waals surface area contributed by atoms with E-state index < -0.39 is 0 Å². The van der Waals surface area contributed by atoms with Crippen LogP contribution in [0.4, 0.5) is 11.8 Å². The number of anilines is 2. The first-order valence-corrected chi connectivity index (χ1v) is 4.89. The summed E-state index contributed by atoms with van der Waals surface area (Å²) in [6.07, 6.45) is 4.16. The lowest BCUT2D eigenvalue weighted by Crippen LogP contribution is -2.12. The van der Waals surface area contributed by atoms with Crippen LogP contribution < -0.4 is 16.6 Å². The van der Waals surface area contributed by atoms with Crippen molar-refractivity contribution in [1.29, 1.82) is 0 Å². The van der Waals surface area contributed by atoms with E-state index in [1.165, 1.54) is 12.8 Å². The van der Waals surface area contributed by atoms with Crippen molar-refractivity contribution in [2.45, 2.75) is 25.8 Å². The Morgan fingerprint density at radius 2 is 2.50 bits per heavy atom. The van der Waals surface area contributed by atoms with Gasteiger partial charge in [-0.15, -0.1) is 0 Å². The molecular weight excluding hydrogens is 178 g/mol. The van der Waals surface area contributed by atoms with Gasteiger partial charge in [-0.25, -0.2) is 10.8 Å². The van der Waals surface area contributed by atoms with Gasteiger partial charge in [0.15, 0.2) is 0 Å². The SMILES string of the molecule is CCC1CC1Nc1ccnc(NN)n1. The Morgan fingerprint density at radius 1 is 1.64 bits per heavy atom. The van der Waals surface area contributed by atoms with Crippen LogP contribution in [0.3, 0.4) is 0 Å². The molecule has 1 fully saturated rings. The largest absolute Gasteiger partial charge is 0.367 e. The lowest BCUT2D eigenvalue weighted by atomic mass is 10.3. The van der Waals surface area contributed by atoms with E-state index in [-0.39, 0.29) is 0 Å². The van der Waals surface area contributed by atoms with Gasteiger partial charge in [0.1, 0.15) is 5.82 Å². The molecule has 1 aromatic heterocycles. The fourth-order valence-electron chi connectivity index (χ4n) is 1.57. The molecule has 1 saturated carbocycles. The van der Waals surface area contributed by atoms with Gasteiger partial charge in [0.2, 0.25) is 5.95 Å². The van der Waals surface area contributed by atoms with Gasteiger partial charge in [0, 0.05) is 12.2 Å². The molecule has 14 heavy (non-hydrogen) atoms. The average molecular weight is 193 g/mol. The fraction of sp³-hybridized carbons (Fsp3) is 0.556. The lowest BCUT2D eigenvalue weighted by molar-refractivity contribution is 0.773. The molecule has 0 bridgehead atoms. The molecule has 0 aromatic carbocycles. The van der Waals surface area contributed by atoms with Crippen LogP contribution in [0.25, 0.3) is 0 Å². The second kappa shape index (κ2) is 3.79. The Kier molecular flexibility index (Phi) is 2.49. The molecule has 1 heterocycles. The molecule has 1 aliphatic carbocycles. The summed E-state index contributed by atoms with van der Waals surface area (Å²) < 4.78 is 0. The number of nitrogens with one attached hydrogen (secondary N) is 2. The van der Waals surface area contributed by atoms with Gasteiger partial charge in [-0.05, 0) is 18.4 Å². The van der Waals surface area contributed by atoms with Crippen molar-refractivity contribution in [2.24, 2.45) is 11.8 Å². The fourth-order valence-corrected chi connectivity index (χ4v) is 1.57. The zero-order valence-electron chi connectivity index (χ0n) is 8.20. The van der Waals surface area contributed by atoms with Crippen molar-refractivity contribution < 1.29 is 0 Å². The molecule has 5 heteroatoms. The van der Waals surface area contributed by atoms with Gasteiger partial charge >= 0.3 is 0 Å². The monoisotopic (exact) mass is 193 g/mol. The van der Waals surface area contributed by atoms with Crippen LogP contribution in [0.1, 0.15) is 19.8 Å². The van der Waals surface area contributed by atoms with Crippen LogP contribution in [-0.2, 0) is 0 Å². The Hall–Kier alpha value is -1.36. The van der Waals surface area contributed by atoms with Gasteiger partial charge in [0.05, 0.1) is 0 Å². The first kappa shape index (κ1) is 9.21.